The van der Waals surface area contributed by atoms with Crippen LogP contribution < -0.4 is 5.73 Å². The van der Waals surface area contributed by atoms with Gasteiger partial charge in [0.1, 0.15) is 4.90 Å². The summed E-state index contributed by atoms with van der Waals surface area (Å²) in [6.07, 6.45) is 0. The van der Waals surface area contributed by atoms with Crippen LogP contribution >= 0.6 is 23.2 Å². The van der Waals surface area contributed by atoms with Gasteiger partial charge in [0.05, 0.1) is 10.0 Å². The van der Waals surface area contributed by atoms with Crippen molar-refractivity contribution >= 4 is 38.9 Å². The SMILES string of the molecule is CCN(C(C)CN(C)C)S(=O)(=O)c1c(Cl)cc(N)cc1Cl. The fourth-order valence-corrected chi connectivity index (χ4v) is 5.10. The van der Waals surface area contributed by atoms with Crippen molar-refractivity contribution in [1.29, 1.82) is 0 Å². The Labute approximate surface area is 136 Å². The van der Waals surface area contributed by atoms with Gasteiger partial charge in [0.25, 0.3) is 0 Å². The van der Waals surface area contributed by atoms with Gasteiger partial charge >= 0.3 is 0 Å². The second-order valence-corrected chi connectivity index (χ2v) is 7.78. The number of anilines is 1. The van der Waals surface area contributed by atoms with Crippen molar-refractivity contribution in [3.8, 4) is 0 Å². The van der Waals surface area contributed by atoms with Crippen molar-refractivity contribution < 1.29 is 8.42 Å². The number of nitrogens with two attached hydrogens (primary N) is 1. The van der Waals surface area contributed by atoms with E-state index in [2.05, 4.69) is 0 Å². The van der Waals surface area contributed by atoms with E-state index in [9.17, 15) is 8.42 Å². The van der Waals surface area contributed by atoms with E-state index >= 15 is 0 Å². The maximum atomic E-state index is 12.8. The third-order valence-corrected chi connectivity index (χ3v) is 6.03. The van der Waals surface area contributed by atoms with Crippen LogP contribution in [0.4, 0.5) is 5.69 Å². The Bertz CT molecular complexity index is 582. The van der Waals surface area contributed by atoms with Crippen LogP contribution in [-0.2, 0) is 10.0 Å². The number of hydrogen-bond acceptors (Lipinski definition) is 4. The van der Waals surface area contributed by atoms with Gasteiger partial charge in [-0.2, -0.15) is 4.31 Å². The highest BCUT2D eigenvalue weighted by molar-refractivity contribution is 7.89. The third kappa shape index (κ3) is 4.23. The number of halogens is 2. The van der Waals surface area contributed by atoms with E-state index in [0.717, 1.165) is 0 Å². The first kappa shape index (κ1) is 18.5. The summed E-state index contributed by atoms with van der Waals surface area (Å²) in [5.74, 6) is 0. The molecule has 0 spiro atoms. The standard InChI is InChI=1S/C13H21Cl2N3O2S/c1-5-18(9(2)8-17(3)4)21(19,20)13-11(14)6-10(16)7-12(13)15/h6-7,9H,5,8,16H2,1-4H3. The first-order valence-electron chi connectivity index (χ1n) is 6.52. The van der Waals surface area contributed by atoms with Crippen molar-refractivity contribution in [1.82, 2.24) is 9.21 Å². The molecule has 2 N–H and O–H groups in total. The lowest BCUT2D eigenvalue weighted by Crippen LogP contribution is -2.43. The van der Waals surface area contributed by atoms with E-state index in [0.29, 0.717) is 18.8 Å². The summed E-state index contributed by atoms with van der Waals surface area (Å²) in [4.78, 5) is 1.84. The van der Waals surface area contributed by atoms with E-state index in [4.69, 9.17) is 28.9 Å². The normalized spacial score (nSPS) is 13.9. The molecular formula is C13H21Cl2N3O2S. The van der Waals surface area contributed by atoms with E-state index < -0.39 is 10.0 Å². The van der Waals surface area contributed by atoms with Crippen molar-refractivity contribution in [2.24, 2.45) is 0 Å². The Balaban J connectivity index is 3.32. The molecule has 1 aromatic carbocycles. The monoisotopic (exact) mass is 353 g/mol. The largest absolute Gasteiger partial charge is 0.399 e. The van der Waals surface area contributed by atoms with E-state index in [1.54, 1.807) is 6.92 Å². The molecule has 8 heteroatoms. The molecule has 1 unspecified atom stereocenters. The summed E-state index contributed by atoms with van der Waals surface area (Å²) < 4.78 is 27.1. The van der Waals surface area contributed by atoms with Crippen LogP contribution in [0.1, 0.15) is 13.8 Å². The average Bonchev–Trinajstić information content (AvgIpc) is 2.25. The predicted octanol–water partition coefficient (Wildman–Crippen LogP) is 2.54. The quantitative estimate of drug-likeness (QED) is 0.798. The highest BCUT2D eigenvalue weighted by Crippen LogP contribution is 2.34. The topological polar surface area (TPSA) is 66.6 Å². The number of rotatable bonds is 6. The minimum absolute atomic E-state index is 0.0375. The summed E-state index contributed by atoms with van der Waals surface area (Å²) >= 11 is 12.1. The molecule has 0 aromatic heterocycles. The summed E-state index contributed by atoms with van der Waals surface area (Å²) in [6.45, 7) is 4.55. The summed E-state index contributed by atoms with van der Waals surface area (Å²) in [6, 6.07) is 2.58. The third-order valence-electron chi connectivity index (χ3n) is 3.02. The zero-order valence-corrected chi connectivity index (χ0v) is 14.9. The second-order valence-electron chi connectivity index (χ2n) is 5.13. The second kappa shape index (κ2) is 7.15. The molecule has 0 aliphatic carbocycles. The Hall–Kier alpha value is -0.530. The van der Waals surface area contributed by atoms with Gasteiger partial charge in [-0.15, -0.1) is 0 Å². The molecule has 120 valence electrons. The van der Waals surface area contributed by atoms with E-state index in [1.807, 2.05) is 25.9 Å². The lowest BCUT2D eigenvalue weighted by molar-refractivity contribution is 0.271. The van der Waals surface area contributed by atoms with Gasteiger partial charge < -0.3 is 10.6 Å². The Morgan fingerprint density at radius 3 is 2.10 bits per heavy atom. The smallest absolute Gasteiger partial charge is 0.246 e. The van der Waals surface area contributed by atoms with Crippen molar-refractivity contribution in [2.45, 2.75) is 24.8 Å². The van der Waals surface area contributed by atoms with Crippen molar-refractivity contribution in [3.63, 3.8) is 0 Å². The van der Waals surface area contributed by atoms with Crippen LogP contribution in [-0.4, -0.2) is 50.8 Å². The molecule has 0 aliphatic heterocycles. The van der Waals surface area contributed by atoms with Crippen LogP contribution in [0.15, 0.2) is 17.0 Å². The molecule has 0 saturated heterocycles. The molecule has 5 nitrogen and oxygen atoms in total. The molecular weight excluding hydrogens is 333 g/mol. The molecule has 1 rings (SSSR count). The van der Waals surface area contributed by atoms with Crippen LogP contribution in [0.2, 0.25) is 10.0 Å². The van der Waals surface area contributed by atoms with Crippen LogP contribution in [0.3, 0.4) is 0 Å². The van der Waals surface area contributed by atoms with Crippen molar-refractivity contribution in [3.05, 3.63) is 22.2 Å². The summed E-state index contributed by atoms with van der Waals surface area (Å²) in [5.41, 5.74) is 5.95. The molecule has 0 radical (unpaired) electrons. The molecule has 0 fully saturated rings. The molecule has 1 atom stereocenters. The number of hydrogen-bond donors (Lipinski definition) is 1. The van der Waals surface area contributed by atoms with Crippen molar-refractivity contribution in [2.75, 3.05) is 32.9 Å². The summed E-state index contributed by atoms with van der Waals surface area (Å²) in [5, 5.41) is 0.0750. The molecule has 0 saturated carbocycles. The average molecular weight is 354 g/mol. The zero-order valence-electron chi connectivity index (χ0n) is 12.6. The molecule has 0 heterocycles. The van der Waals surface area contributed by atoms with Gasteiger partial charge in [-0.25, -0.2) is 8.42 Å². The Morgan fingerprint density at radius 1 is 1.24 bits per heavy atom. The first-order valence-corrected chi connectivity index (χ1v) is 8.72. The van der Waals surface area contributed by atoms with E-state index in [1.165, 1.54) is 16.4 Å². The fourth-order valence-electron chi connectivity index (χ4n) is 2.28. The van der Waals surface area contributed by atoms with Gasteiger partial charge in [0, 0.05) is 24.8 Å². The first-order chi connectivity index (χ1) is 9.61. The van der Waals surface area contributed by atoms with Gasteiger partial charge in [-0.05, 0) is 33.2 Å². The van der Waals surface area contributed by atoms with Crippen LogP contribution in [0.25, 0.3) is 0 Å². The van der Waals surface area contributed by atoms with Gasteiger partial charge in [0.2, 0.25) is 10.0 Å². The number of nitrogen functional groups attached to an aromatic ring is 1. The molecule has 1 aromatic rings. The van der Waals surface area contributed by atoms with Gasteiger partial charge in [-0.3, -0.25) is 0 Å². The molecule has 0 amide bonds. The maximum Gasteiger partial charge on any atom is 0.246 e. The van der Waals surface area contributed by atoms with Gasteiger partial charge in [-0.1, -0.05) is 30.1 Å². The van der Waals surface area contributed by atoms with Crippen LogP contribution in [0, 0.1) is 0 Å². The molecule has 0 aliphatic rings. The minimum atomic E-state index is -3.79. The van der Waals surface area contributed by atoms with E-state index in [-0.39, 0.29) is 21.0 Å². The highest BCUT2D eigenvalue weighted by atomic mass is 35.5. The number of sulfonamides is 1. The molecule has 21 heavy (non-hydrogen) atoms. The fraction of sp³-hybridized carbons (Fsp3) is 0.538. The minimum Gasteiger partial charge on any atom is -0.399 e. The number of benzene rings is 1. The lowest BCUT2D eigenvalue weighted by Gasteiger charge is -2.29. The molecule has 0 bridgehead atoms. The maximum absolute atomic E-state index is 12.8. The number of likely N-dealkylation sites (N-methyl/N-ethyl adjacent to an activating group) is 2. The lowest BCUT2D eigenvalue weighted by atomic mass is 10.3. The van der Waals surface area contributed by atoms with Gasteiger partial charge in [0.15, 0.2) is 0 Å². The zero-order chi connectivity index (χ0) is 16.4. The summed E-state index contributed by atoms with van der Waals surface area (Å²) in [7, 11) is -0.00884. The Morgan fingerprint density at radius 2 is 1.71 bits per heavy atom. The Kier molecular flexibility index (Phi) is 6.31. The highest BCUT2D eigenvalue weighted by Gasteiger charge is 2.32. The number of nitrogens with zero attached hydrogens (tertiary/aromatic N) is 2. The predicted molar refractivity (Wildman–Crippen MR) is 88.5 cm³/mol. The van der Waals surface area contributed by atoms with Crippen LogP contribution in [0.5, 0.6) is 0 Å².